The van der Waals surface area contributed by atoms with E-state index in [0.717, 1.165) is 25.9 Å². The second kappa shape index (κ2) is 6.89. The van der Waals surface area contributed by atoms with Crippen molar-refractivity contribution in [1.82, 2.24) is 20.2 Å². The number of alkyl carbamates (subject to hydrolysis) is 1. The van der Waals surface area contributed by atoms with Crippen molar-refractivity contribution in [2.45, 2.75) is 44.3 Å². The first-order valence-electron chi connectivity index (χ1n) is 9.32. The first-order chi connectivity index (χ1) is 13.2. The average Bonchev–Trinajstić information content (AvgIpc) is 2.98. The van der Waals surface area contributed by atoms with Gasteiger partial charge in [0.05, 0.1) is 6.04 Å². The predicted octanol–water partition coefficient (Wildman–Crippen LogP) is 2.17. The molecule has 2 saturated heterocycles. The van der Waals surface area contributed by atoms with Crippen LogP contribution in [0.15, 0.2) is 12.4 Å². The zero-order valence-electron chi connectivity index (χ0n) is 15.2. The minimum atomic E-state index is -4.52. The van der Waals surface area contributed by atoms with Gasteiger partial charge in [-0.05, 0) is 37.2 Å². The predicted molar refractivity (Wildman–Crippen MR) is 90.0 cm³/mol. The number of carbonyl (C=O) groups is 2. The molecule has 1 aromatic heterocycles. The lowest BCUT2D eigenvalue weighted by molar-refractivity contribution is -0.155. The van der Waals surface area contributed by atoms with Crippen LogP contribution in [0.5, 0.6) is 0 Å². The van der Waals surface area contributed by atoms with E-state index >= 15 is 0 Å². The topological polar surface area (TPSA) is 84.4 Å². The molecule has 1 atom stereocenters. The molecule has 2 aliphatic heterocycles. The number of rotatable bonds is 5. The summed E-state index contributed by atoms with van der Waals surface area (Å²) in [7, 11) is 0. The molecule has 7 nitrogen and oxygen atoms in total. The maximum absolute atomic E-state index is 12.5. The summed E-state index contributed by atoms with van der Waals surface area (Å²) in [5, 5.41) is 2.66. The van der Waals surface area contributed by atoms with E-state index in [9.17, 15) is 22.8 Å². The summed E-state index contributed by atoms with van der Waals surface area (Å²) in [6.45, 7) is 1.78. The van der Waals surface area contributed by atoms with E-state index in [2.05, 4.69) is 15.3 Å². The monoisotopic (exact) mass is 398 g/mol. The maximum atomic E-state index is 12.5. The zero-order chi connectivity index (χ0) is 19.9. The van der Waals surface area contributed by atoms with Gasteiger partial charge in [0, 0.05) is 37.3 Å². The number of carbonyl (C=O) groups excluding carboxylic acids is 2. The second-order valence-corrected chi connectivity index (χ2v) is 8.12. The lowest BCUT2D eigenvalue weighted by Crippen LogP contribution is -2.64. The molecule has 0 radical (unpaired) electrons. The fraction of sp³-hybridized carbons (Fsp3) is 0.667. The van der Waals surface area contributed by atoms with E-state index < -0.39 is 18.1 Å². The molecule has 0 bridgehead atoms. The molecule has 0 unspecified atom stereocenters. The van der Waals surface area contributed by atoms with E-state index in [1.165, 1.54) is 12.4 Å². The van der Waals surface area contributed by atoms with Gasteiger partial charge in [0.25, 0.3) is 0 Å². The summed E-state index contributed by atoms with van der Waals surface area (Å²) in [4.78, 5) is 31.9. The Morgan fingerprint density at radius 2 is 1.96 bits per heavy atom. The first-order valence-corrected chi connectivity index (χ1v) is 9.32. The summed E-state index contributed by atoms with van der Waals surface area (Å²) in [6, 6.07) is -0.0919. The van der Waals surface area contributed by atoms with Gasteiger partial charge in [-0.2, -0.15) is 13.2 Å². The summed E-state index contributed by atoms with van der Waals surface area (Å²) in [5.74, 6) is -0.631. The smallest absolute Gasteiger partial charge is 0.447 e. The molecule has 3 fully saturated rings. The normalized spacial score (nSPS) is 23.8. The quantitative estimate of drug-likeness (QED) is 0.822. The Morgan fingerprint density at radius 3 is 2.54 bits per heavy atom. The van der Waals surface area contributed by atoms with Gasteiger partial charge in [-0.3, -0.25) is 4.79 Å². The van der Waals surface area contributed by atoms with E-state index in [-0.39, 0.29) is 17.4 Å². The Bertz CT molecular complexity index is 754. The van der Waals surface area contributed by atoms with Crippen molar-refractivity contribution in [3.63, 3.8) is 0 Å². The van der Waals surface area contributed by atoms with Crippen LogP contribution in [0.4, 0.5) is 18.0 Å². The van der Waals surface area contributed by atoms with Crippen LogP contribution in [0.1, 0.15) is 37.1 Å². The average molecular weight is 398 g/mol. The molecule has 3 heterocycles. The summed E-state index contributed by atoms with van der Waals surface area (Å²) in [5.41, 5.74) is 0.874. The Labute approximate surface area is 159 Å². The van der Waals surface area contributed by atoms with Crippen molar-refractivity contribution in [3.8, 4) is 0 Å². The van der Waals surface area contributed by atoms with Crippen molar-refractivity contribution in [3.05, 3.63) is 23.8 Å². The zero-order valence-corrected chi connectivity index (χ0v) is 15.2. The van der Waals surface area contributed by atoms with Crippen LogP contribution in [0, 0.1) is 11.3 Å². The highest BCUT2D eigenvalue weighted by Crippen LogP contribution is 2.53. The van der Waals surface area contributed by atoms with E-state index in [1.54, 1.807) is 0 Å². The lowest BCUT2D eigenvalue weighted by Gasteiger charge is -2.59. The number of alkyl halides is 3. The summed E-state index contributed by atoms with van der Waals surface area (Å²) in [6.07, 6.45) is 1.10. The van der Waals surface area contributed by atoms with Gasteiger partial charge in [-0.25, -0.2) is 14.8 Å². The molecule has 1 aromatic rings. The van der Waals surface area contributed by atoms with Gasteiger partial charge in [-0.15, -0.1) is 0 Å². The number of halogens is 3. The van der Waals surface area contributed by atoms with Crippen LogP contribution in [0.25, 0.3) is 0 Å². The van der Waals surface area contributed by atoms with Crippen LogP contribution in [0.3, 0.4) is 0 Å². The van der Waals surface area contributed by atoms with Gasteiger partial charge in [0.1, 0.15) is 6.61 Å². The number of nitrogens with one attached hydrogen (secondary N) is 1. The van der Waals surface area contributed by atoms with Crippen LogP contribution in [-0.2, 0) is 22.1 Å². The lowest BCUT2D eigenvalue weighted by atomic mass is 9.56. The SMILES string of the molecule is O=C1N[C@H](CCC(=O)N2CC3(CC(Cc4cnc(C(F)(F)F)nc4)C3)C2)CO1. The van der Waals surface area contributed by atoms with Crippen molar-refractivity contribution in [1.29, 1.82) is 0 Å². The Hall–Kier alpha value is -2.39. The molecule has 0 aromatic carbocycles. The summed E-state index contributed by atoms with van der Waals surface area (Å²) < 4.78 is 42.3. The molecule has 152 valence electrons. The molecule has 10 heteroatoms. The third-order valence-electron chi connectivity index (χ3n) is 5.78. The fourth-order valence-electron chi connectivity index (χ4n) is 4.48. The van der Waals surface area contributed by atoms with Gasteiger partial charge >= 0.3 is 12.3 Å². The number of hydrogen-bond acceptors (Lipinski definition) is 5. The standard InChI is InChI=1S/C18H21F3N4O3/c19-18(20,21)15-22-6-12(7-23-15)3-11-4-17(5-11)9-25(10-17)14(26)2-1-13-8-28-16(27)24-13/h6-7,11,13H,1-5,8-10H2,(H,24,27)/t13-/m1/s1. The first kappa shape index (κ1) is 18.9. The highest BCUT2D eigenvalue weighted by atomic mass is 19.4. The minimum Gasteiger partial charge on any atom is -0.447 e. The molecule has 28 heavy (non-hydrogen) atoms. The number of cyclic esters (lactones) is 1. The van der Waals surface area contributed by atoms with E-state index in [1.807, 2.05) is 4.90 Å². The van der Waals surface area contributed by atoms with Gasteiger partial charge in [-0.1, -0.05) is 0 Å². The molecular weight excluding hydrogens is 377 g/mol. The largest absolute Gasteiger partial charge is 0.451 e. The van der Waals surface area contributed by atoms with Gasteiger partial charge in [0.2, 0.25) is 11.7 Å². The third kappa shape index (κ3) is 3.90. The van der Waals surface area contributed by atoms with Crippen LogP contribution >= 0.6 is 0 Å². The Morgan fingerprint density at radius 1 is 1.29 bits per heavy atom. The minimum absolute atomic E-state index is 0.0892. The fourth-order valence-corrected chi connectivity index (χ4v) is 4.48. The van der Waals surface area contributed by atoms with Crippen molar-refractivity contribution >= 4 is 12.0 Å². The van der Waals surface area contributed by atoms with Crippen molar-refractivity contribution in [2.24, 2.45) is 11.3 Å². The molecule has 1 aliphatic carbocycles. The number of ether oxygens (including phenoxy) is 1. The maximum Gasteiger partial charge on any atom is 0.451 e. The van der Waals surface area contributed by atoms with Gasteiger partial charge < -0.3 is 15.0 Å². The Kier molecular flexibility index (Phi) is 4.67. The van der Waals surface area contributed by atoms with Gasteiger partial charge in [0.15, 0.2) is 0 Å². The molecule has 1 saturated carbocycles. The second-order valence-electron chi connectivity index (χ2n) is 8.12. The Balaban J connectivity index is 1.17. The van der Waals surface area contributed by atoms with Crippen LogP contribution in [-0.4, -0.2) is 52.6 Å². The number of likely N-dealkylation sites (tertiary alicyclic amines) is 1. The molecule has 1 spiro atoms. The number of nitrogens with zero attached hydrogens (tertiary/aromatic N) is 3. The van der Waals surface area contributed by atoms with E-state index in [0.29, 0.717) is 37.4 Å². The molecule has 2 amide bonds. The third-order valence-corrected chi connectivity index (χ3v) is 5.78. The highest BCUT2D eigenvalue weighted by molar-refractivity contribution is 5.77. The van der Waals surface area contributed by atoms with Crippen LogP contribution in [0.2, 0.25) is 0 Å². The van der Waals surface area contributed by atoms with E-state index in [4.69, 9.17) is 4.74 Å². The molecular formula is C18H21F3N4O3. The molecule has 4 rings (SSSR count). The molecule has 1 N–H and O–H groups in total. The summed E-state index contributed by atoms with van der Waals surface area (Å²) >= 11 is 0. The number of hydrogen-bond donors (Lipinski definition) is 1. The van der Waals surface area contributed by atoms with Crippen LogP contribution < -0.4 is 5.32 Å². The highest BCUT2D eigenvalue weighted by Gasteiger charge is 2.53. The number of aromatic nitrogens is 2. The molecule has 3 aliphatic rings. The van der Waals surface area contributed by atoms with Crippen molar-refractivity contribution in [2.75, 3.05) is 19.7 Å². The number of amides is 2. The van der Waals surface area contributed by atoms with Crippen molar-refractivity contribution < 1.29 is 27.5 Å².